The normalized spacial score (nSPS) is 21.8. The number of amides is 1. The minimum atomic E-state index is -0.00123. The van der Waals surface area contributed by atoms with E-state index in [4.69, 9.17) is 0 Å². The Morgan fingerprint density at radius 1 is 1.29 bits per heavy atom. The number of nitrogens with zero attached hydrogens (tertiary/aromatic N) is 5. The Bertz CT molecular complexity index is 681. The monoisotopic (exact) mass is 346 g/mol. The molecule has 1 aliphatic heterocycles. The number of carbonyl (C=O) groups is 1. The van der Waals surface area contributed by atoms with Crippen LogP contribution in [0.4, 0.5) is 5.13 Å². The highest BCUT2D eigenvalue weighted by Gasteiger charge is 2.27. The number of anilines is 1. The summed E-state index contributed by atoms with van der Waals surface area (Å²) < 4.78 is 1.94. The van der Waals surface area contributed by atoms with Gasteiger partial charge in [0, 0.05) is 24.4 Å². The molecule has 7 nitrogen and oxygen atoms in total. The topological polar surface area (TPSA) is 75.9 Å². The molecule has 0 aromatic carbocycles. The van der Waals surface area contributed by atoms with Crippen molar-refractivity contribution in [3.8, 4) is 0 Å². The van der Waals surface area contributed by atoms with E-state index in [9.17, 15) is 4.79 Å². The van der Waals surface area contributed by atoms with Crippen molar-refractivity contribution in [2.75, 3.05) is 18.4 Å². The first kappa shape index (κ1) is 15.7. The predicted octanol–water partition coefficient (Wildman–Crippen LogP) is 2.11. The van der Waals surface area contributed by atoms with Gasteiger partial charge in [0.25, 0.3) is 0 Å². The van der Waals surface area contributed by atoms with Crippen molar-refractivity contribution in [2.45, 2.75) is 50.6 Å². The highest BCUT2D eigenvalue weighted by Crippen LogP contribution is 2.38. The van der Waals surface area contributed by atoms with Gasteiger partial charge in [0.1, 0.15) is 5.01 Å². The number of hydrogen-bond acceptors (Lipinski definition) is 6. The summed E-state index contributed by atoms with van der Waals surface area (Å²) in [7, 11) is 0. The average Bonchev–Trinajstić information content (AvgIpc) is 3.22. The van der Waals surface area contributed by atoms with Crippen molar-refractivity contribution in [3.63, 3.8) is 0 Å². The summed E-state index contributed by atoms with van der Waals surface area (Å²) in [6.07, 6.45) is 9.68. The van der Waals surface area contributed by atoms with Gasteiger partial charge in [-0.2, -0.15) is 5.10 Å². The molecule has 1 atom stereocenters. The zero-order valence-electron chi connectivity index (χ0n) is 13.6. The van der Waals surface area contributed by atoms with Crippen LogP contribution in [0.5, 0.6) is 0 Å². The molecule has 128 valence electrons. The number of rotatable bonds is 6. The van der Waals surface area contributed by atoms with Crippen molar-refractivity contribution < 1.29 is 4.79 Å². The molecular weight excluding hydrogens is 324 g/mol. The fraction of sp³-hybridized carbons (Fsp3) is 0.625. The molecule has 0 radical (unpaired) electrons. The van der Waals surface area contributed by atoms with Crippen molar-refractivity contribution >= 4 is 22.4 Å². The van der Waals surface area contributed by atoms with Gasteiger partial charge in [-0.3, -0.25) is 19.7 Å². The van der Waals surface area contributed by atoms with Gasteiger partial charge >= 0.3 is 0 Å². The summed E-state index contributed by atoms with van der Waals surface area (Å²) in [5, 5.41) is 17.2. The second-order valence-corrected chi connectivity index (χ2v) is 7.63. The van der Waals surface area contributed by atoms with Crippen LogP contribution in [0, 0.1) is 0 Å². The molecule has 0 unspecified atom stereocenters. The van der Waals surface area contributed by atoms with E-state index in [1.54, 1.807) is 6.20 Å². The largest absolute Gasteiger partial charge is 0.299 e. The summed E-state index contributed by atoms with van der Waals surface area (Å²) in [4.78, 5) is 14.6. The van der Waals surface area contributed by atoms with E-state index in [-0.39, 0.29) is 5.91 Å². The molecule has 1 aliphatic carbocycles. The third-order valence-corrected chi connectivity index (χ3v) is 5.95. The zero-order chi connectivity index (χ0) is 16.4. The first-order chi connectivity index (χ1) is 11.8. The minimum Gasteiger partial charge on any atom is -0.299 e. The number of carbonyl (C=O) groups excluding carboxylic acids is 1. The van der Waals surface area contributed by atoms with E-state index < -0.39 is 0 Å². The van der Waals surface area contributed by atoms with Gasteiger partial charge in [0.2, 0.25) is 11.0 Å². The Morgan fingerprint density at radius 2 is 2.21 bits per heavy atom. The van der Waals surface area contributed by atoms with Crippen LogP contribution in [0.1, 0.15) is 43.0 Å². The molecule has 0 bridgehead atoms. The van der Waals surface area contributed by atoms with Gasteiger partial charge in [-0.1, -0.05) is 17.8 Å². The van der Waals surface area contributed by atoms with Gasteiger partial charge in [-0.05, 0) is 38.3 Å². The van der Waals surface area contributed by atoms with Crippen molar-refractivity contribution in [3.05, 3.63) is 23.5 Å². The predicted molar refractivity (Wildman–Crippen MR) is 92.0 cm³/mol. The lowest BCUT2D eigenvalue weighted by molar-refractivity contribution is -0.117. The molecule has 8 heteroatoms. The number of nitrogens with one attached hydrogen (secondary N) is 1. The molecule has 0 spiro atoms. The quantitative estimate of drug-likeness (QED) is 0.867. The van der Waals surface area contributed by atoms with E-state index in [2.05, 4.69) is 25.5 Å². The molecule has 1 saturated heterocycles. The maximum absolute atomic E-state index is 12.3. The highest BCUT2D eigenvalue weighted by molar-refractivity contribution is 7.15. The lowest BCUT2D eigenvalue weighted by Gasteiger charge is -2.23. The molecule has 4 rings (SSSR count). The molecule has 1 saturated carbocycles. The molecule has 2 aliphatic rings. The molecule has 2 aromatic heterocycles. The summed E-state index contributed by atoms with van der Waals surface area (Å²) in [6, 6.07) is 2.30. The Hall–Kier alpha value is -1.80. The molecule has 2 fully saturated rings. The third kappa shape index (κ3) is 3.49. The Labute approximate surface area is 145 Å². The van der Waals surface area contributed by atoms with E-state index >= 15 is 0 Å². The average molecular weight is 346 g/mol. The summed E-state index contributed by atoms with van der Waals surface area (Å²) >= 11 is 1.52. The van der Waals surface area contributed by atoms with Gasteiger partial charge < -0.3 is 0 Å². The number of likely N-dealkylation sites (tertiary alicyclic amines) is 1. The Balaban J connectivity index is 1.30. The van der Waals surface area contributed by atoms with Crippen molar-refractivity contribution in [1.82, 2.24) is 24.9 Å². The molecule has 24 heavy (non-hydrogen) atoms. The maximum atomic E-state index is 12.3. The van der Waals surface area contributed by atoms with Crippen LogP contribution in [-0.2, 0) is 11.3 Å². The molecule has 1 amide bonds. The zero-order valence-corrected chi connectivity index (χ0v) is 14.4. The molecule has 1 N–H and O–H groups in total. The summed E-state index contributed by atoms with van der Waals surface area (Å²) in [5.74, 6) is 0.559. The van der Waals surface area contributed by atoms with Gasteiger partial charge in [-0.15, -0.1) is 10.2 Å². The third-order valence-electron chi connectivity index (χ3n) is 4.94. The first-order valence-electron chi connectivity index (χ1n) is 8.62. The second kappa shape index (κ2) is 6.98. The fourth-order valence-electron chi connectivity index (χ4n) is 3.38. The van der Waals surface area contributed by atoms with E-state index in [1.165, 1.54) is 30.6 Å². The smallest absolute Gasteiger partial charge is 0.240 e. The van der Waals surface area contributed by atoms with E-state index in [1.807, 2.05) is 16.9 Å². The number of hydrogen-bond donors (Lipinski definition) is 1. The molecular formula is C16H22N6OS. The Kier molecular flexibility index (Phi) is 4.57. The van der Waals surface area contributed by atoms with E-state index in [0.29, 0.717) is 23.6 Å². The van der Waals surface area contributed by atoms with Crippen molar-refractivity contribution in [2.24, 2.45) is 0 Å². The van der Waals surface area contributed by atoms with Crippen LogP contribution in [0.15, 0.2) is 18.5 Å². The first-order valence-corrected chi connectivity index (χ1v) is 9.44. The van der Waals surface area contributed by atoms with Crippen LogP contribution in [-0.4, -0.2) is 49.9 Å². The van der Waals surface area contributed by atoms with Crippen molar-refractivity contribution in [1.29, 1.82) is 0 Å². The second-order valence-electron chi connectivity index (χ2n) is 6.62. The SMILES string of the molecule is O=C(CN1CCC[C@@H]1Cn1cccn1)Nc1nnc(C2CCC2)s1. The van der Waals surface area contributed by atoms with Gasteiger partial charge in [-0.25, -0.2) is 0 Å². The minimum absolute atomic E-state index is 0.00123. The standard InChI is InChI=1S/C16H22N6OS/c23-14(18-16-20-19-15(24-16)12-4-1-5-12)11-21-8-2-6-13(21)10-22-9-3-7-17-22/h3,7,9,12-13H,1-2,4-6,8,10-11H2,(H,18,20,23)/t13-/m1/s1. The van der Waals surface area contributed by atoms with Crippen LogP contribution in [0.25, 0.3) is 0 Å². The number of aromatic nitrogens is 4. The molecule has 3 heterocycles. The van der Waals surface area contributed by atoms with Crippen LogP contribution < -0.4 is 5.32 Å². The Morgan fingerprint density at radius 3 is 2.96 bits per heavy atom. The lowest BCUT2D eigenvalue weighted by Crippen LogP contribution is -2.39. The summed E-state index contributed by atoms with van der Waals surface area (Å²) in [6.45, 7) is 2.21. The van der Waals surface area contributed by atoms with Gasteiger partial charge in [0.15, 0.2) is 0 Å². The van der Waals surface area contributed by atoms with Crippen LogP contribution >= 0.6 is 11.3 Å². The summed E-state index contributed by atoms with van der Waals surface area (Å²) in [5.41, 5.74) is 0. The lowest BCUT2D eigenvalue weighted by atomic mass is 9.86. The van der Waals surface area contributed by atoms with Crippen LogP contribution in [0.2, 0.25) is 0 Å². The molecule has 2 aromatic rings. The van der Waals surface area contributed by atoms with E-state index in [0.717, 1.165) is 30.9 Å². The maximum Gasteiger partial charge on any atom is 0.240 e. The highest BCUT2D eigenvalue weighted by atomic mass is 32.1. The fourth-order valence-corrected chi connectivity index (χ4v) is 4.31. The van der Waals surface area contributed by atoms with Gasteiger partial charge in [0.05, 0.1) is 13.1 Å². The van der Waals surface area contributed by atoms with Crippen LogP contribution in [0.3, 0.4) is 0 Å².